The fourth-order valence-electron chi connectivity index (χ4n) is 1.66. The van der Waals surface area contributed by atoms with Gasteiger partial charge >= 0.3 is 0 Å². The zero-order valence-corrected chi connectivity index (χ0v) is 9.66. The summed E-state index contributed by atoms with van der Waals surface area (Å²) in [6.07, 6.45) is 1.07. The van der Waals surface area contributed by atoms with Crippen molar-refractivity contribution in [2.45, 2.75) is 13.3 Å². The summed E-state index contributed by atoms with van der Waals surface area (Å²) in [5, 5.41) is 0. The maximum absolute atomic E-state index is 5.20. The van der Waals surface area contributed by atoms with Crippen molar-refractivity contribution in [3.05, 3.63) is 54.1 Å². The van der Waals surface area contributed by atoms with E-state index in [2.05, 4.69) is 37.3 Å². The molecule has 2 rings (SSSR count). The number of benzene rings is 2. The first-order chi connectivity index (χ1) is 7.83. The number of hydrogen-bond donors (Lipinski definition) is 0. The van der Waals surface area contributed by atoms with Gasteiger partial charge in [-0.05, 0) is 41.3 Å². The summed E-state index contributed by atoms with van der Waals surface area (Å²) in [6, 6.07) is 17.6. The highest BCUT2D eigenvalue weighted by Gasteiger charge is 1.99. The van der Waals surface area contributed by atoms with Crippen LogP contribution in [0.25, 0.3) is 11.1 Å². The minimum atomic E-state index is 0.869. The molecule has 0 saturated carbocycles. The van der Waals surface area contributed by atoms with E-state index in [1.165, 1.54) is 11.1 Å². The van der Waals surface area contributed by atoms with Crippen molar-refractivity contribution in [3.63, 3.8) is 0 Å². The van der Waals surface area contributed by atoms with E-state index >= 15 is 0 Å². The average molecular weight is 211 g/mol. The molecule has 0 saturated heterocycles. The molecule has 2 aromatic carbocycles. The van der Waals surface area contributed by atoms with E-state index in [-0.39, 0.29) is 0 Å². The molecular formula is C15H15O. The minimum Gasteiger partial charge on any atom is -0.497 e. The fourth-order valence-corrected chi connectivity index (χ4v) is 1.66. The quantitative estimate of drug-likeness (QED) is 0.751. The van der Waals surface area contributed by atoms with Crippen molar-refractivity contribution in [2.75, 3.05) is 7.11 Å². The molecule has 16 heavy (non-hydrogen) atoms. The molecule has 81 valence electrons. The largest absolute Gasteiger partial charge is 0.497 e. The lowest BCUT2D eigenvalue weighted by atomic mass is 10.0. The third kappa shape index (κ3) is 2.25. The summed E-state index contributed by atoms with van der Waals surface area (Å²) in [5.41, 5.74) is 3.60. The van der Waals surface area contributed by atoms with Crippen LogP contribution in [-0.2, 0) is 6.42 Å². The molecule has 0 heterocycles. The lowest BCUT2D eigenvalue weighted by Crippen LogP contribution is -1.85. The van der Waals surface area contributed by atoms with Crippen LogP contribution in [0.4, 0.5) is 0 Å². The summed E-state index contributed by atoms with van der Waals surface area (Å²) >= 11 is 0. The zero-order chi connectivity index (χ0) is 11.4. The Labute approximate surface area is 96.7 Å². The second-order valence-electron chi connectivity index (χ2n) is 3.69. The van der Waals surface area contributed by atoms with Gasteiger partial charge in [-0.25, -0.2) is 0 Å². The molecule has 0 aliphatic rings. The first kappa shape index (κ1) is 10.7. The smallest absolute Gasteiger partial charge is 0.119 e. The van der Waals surface area contributed by atoms with Gasteiger partial charge in [0.1, 0.15) is 5.75 Å². The predicted molar refractivity (Wildman–Crippen MR) is 66.6 cm³/mol. The van der Waals surface area contributed by atoms with Crippen molar-refractivity contribution in [2.24, 2.45) is 0 Å². The molecular weight excluding hydrogens is 196 g/mol. The molecule has 0 aromatic heterocycles. The van der Waals surface area contributed by atoms with E-state index in [0.717, 1.165) is 17.7 Å². The molecule has 1 radical (unpaired) electrons. The van der Waals surface area contributed by atoms with E-state index in [4.69, 9.17) is 4.74 Å². The van der Waals surface area contributed by atoms with Crippen LogP contribution in [-0.4, -0.2) is 7.11 Å². The van der Waals surface area contributed by atoms with Crippen LogP contribution in [0.15, 0.2) is 42.5 Å². The lowest BCUT2D eigenvalue weighted by Gasteiger charge is -2.05. The van der Waals surface area contributed by atoms with Crippen molar-refractivity contribution < 1.29 is 4.74 Å². The molecule has 0 N–H and O–H groups in total. The number of ether oxygens (including phenoxy) is 1. The number of aryl methyl sites for hydroxylation is 1. The van der Waals surface area contributed by atoms with Crippen molar-refractivity contribution in [1.29, 1.82) is 0 Å². The van der Waals surface area contributed by atoms with Gasteiger partial charge in [0, 0.05) is 0 Å². The van der Waals surface area contributed by atoms with Crippen LogP contribution in [0.3, 0.4) is 0 Å². The highest BCUT2D eigenvalue weighted by Crippen LogP contribution is 2.23. The Morgan fingerprint density at radius 1 is 1.12 bits per heavy atom. The maximum Gasteiger partial charge on any atom is 0.119 e. The topological polar surface area (TPSA) is 9.23 Å². The molecule has 0 unspecified atom stereocenters. The van der Waals surface area contributed by atoms with Gasteiger partial charge in [-0.15, -0.1) is 0 Å². The van der Waals surface area contributed by atoms with E-state index in [0.29, 0.717) is 0 Å². The van der Waals surface area contributed by atoms with Crippen LogP contribution in [0.2, 0.25) is 0 Å². The molecule has 1 heteroatoms. The molecule has 0 aliphatic heterocycles. The molecule has 0 fully saturated rings. The number of hydrogen-bond acceptors (Lipinski definition) is 1. The highest BCUT2D eigenvalue weighted by atomic mass is 16.5. The SMILES string of the molecule is CCc1ccc(-c2[c]ccc(OC)c2)cc1. The van der Waals surface area contributed by atoms with E-state index in [1.807, 2.05) is 18.2 Å². The third-order valence-electron chi connectivity index (χ3n) is 2.68. The maximum atomic E-state index is 5.20. The van der Waals surface area contributed by atoms with Crippen molar-refractivity contribution in [3.8, 4) is 16.9 Å². The summed E-state index contributed by atoms with van der Waals surface area (Å²) in [7, 11) is 1.68. The molecule has 0 spiro atoms. The van der Waals surface area contributed by atoms with Gasteiger partial charge in [0.2, 0.25) is 0 Å². The second-order valence-corrected chi connectivity index (χ2v) is 3.69. The van der Waals surface area contributed by atoms with E-state index in [1.54, 1.807) is 7.11 Å². The third-order valence-corrected chi connectivity index (χ3v) is 2.68. The van der Waals surface area contributed by atoms with Crippen LogP contribution in [0, 0.1) is 6.07 Å². The Kier molecular flexibility index (Phi) is 3.25. The second kappa shape index (κ2) is 4.84. The average Bonchev–Trinajstić information content (AvgIpc) is 2.39. The van der Waals surface area contributed by atoms with Crippen LogP contribution < -0.4 is 4.74 Å². The summed E-state index contributed by atoms with van der Waals surface area (Å²) < 4.78 is 5.20. The summed E-state index contributed by atoms with van der Waals surface area (Å²) in [4.78, 5) is 0. The molecule has 0 aliphatic carbocycles. The Bertz CT molecular complexity index is 457. The standard InChI is InChI=1S/C15H15O/c1-3-12-7-9-13(10-8-12)14-5-4-6-15(11-14)16-2/h4,6-11H,3H2,1-2H3. The van der Waals surface area contributed by atoms with Crippen LogP contribution in [0.1, 0.15) is 12.5 Å². The Balaban J connectivity index is 2.34. The molecule has 0 amide bonds. The minimum absolute atomic E-state index is 0.869. The number of methoxy groups -OCH3 is 1. The van der Waals surface area contributed by atoms with E-state index < -0.39 is 0 Å². The Morgan fingerprint density at radius 2 is 1.88 bits per heavy atom. The first-order valence-corrected chi connectivity index (χ1v) is 5.48. The van der Waals surface area contributed by atoms with Gasteiger partial charge in [0.25, 0.3) is 0 Å². The molecule has 0 atom stereocenters. The van der Waals surface area contributed by atoms with Gasteiger partial charge < -0.3 is 4.74 Å². The fraction of sp³-hybridized carbons (Fsp3) is 0.200. The highest BCUT2D eigenvalue weighted by molar-refractivity contribution is 5.64. The Hall–Kier alpha value is -1.76. The van der Waals surface area contributed by atoms with Gasteiger partial charge in [-0.1, -0.05) is 37.3 Å². The summed E-state index contributed by atoms with van der Waals surface area (Å²) in [6.45, 7) is 2.16. The van der Waals surface area contributed by atoms with Crippen molar-refractivity contribution in [1.82, 2.24) is 0 Å². The number of rotatable bonds is 3. The zero-order valence-electron chi connectivity index (χ0n) is 9.66. The van der Waals surface area contributed by atoms with Gasteiger partial charge in [-0.2, -0.15) is 0 Å². The van der Waals surface area contributed by atoms with Gasteiger partial charge in [0.05, 0.1) is 7.11 Å². The monoisotopic (exact) mass is 211 g/mol. The first-order valence-electron chi connectivity index (χ1n) is 5.48. The predicted octanol–water partition coefficient (Wildman–Crippen LogP) is 3.72. The lowest BCUT2D eigenvalue weighted by molar-refractivity contribution is 0.415. The van der Waals surface area contributed by atoms with Gasteiger partial charge in [-0.3, -0.25) is 0 Å². The van der Waals surface area contributed by atoms with Gasteiger partial charge in [0.15, 0.2) is 0 Å². The summed E-state index contributed by atoms with van der Waals surface area (Å²) in [5.74, 6) is 0.869. The normalized spacial score (nSPS) is 10.1. The van der Waals surface area contributed by atoms with Crippen molar-refractivity contribution >= 4 is 0 Å². The Morgan fingerprint density at radius 3 is 2.50 bits per heavy atom. The van der Waals surface area contributed by atoms with E-state index in [9.17, 15) is 0 Å². The van der Waals surface area contributed by atoms with Crippen LogP contribution in [0.5, 0.6) is 5.75 Å². The molecule has 1 nitrogen and oxygen atoms in total. The molecule has 2 aromatic rings. The van der Waals surface area contributed by atoms with Crippen LogP contribution >= 0.6 is 0 Å². The molecule has 0 bridgehead atoms.